The Kier molecular flexibility index (Phi) is 4.85. The van der Waals surface area contributed by atoms with Gasteiger partial charge >= 0.3 is 0 Å². The molecule has 1 aromatic carbocycles. The van der Waals surface area contributed by atoms with Crippen molar-refractivity contribution < 1.29 is 9.90 Å². The van der Waals surface area contributed by atoms with Crippen LogP contribution in [0.4, 0.5) is 0 Å². The summed E-state index contributed by atoms with van der Waals surface area (Å²) in [4.78, 5) is 18.6. The lowest BCUT2D eigenvalue weighted by atomic mass is 10.1. The third kappa shape index (κ3) is 3.93. The predicted octanol–water partition coefficient (Wildman–Crippen LogP) is 2.26. The van der Waals surface area contributed by atoms with Crippen LogP contribution >= 0.6 is 11.3 Å². The van der Waals surface area contributed by atoms with Crippen molar-refractivity contribution in [3.8, 4) is 0 Å². The standard InChI is InChI=1S/C17H20N2O2S/c20-15-7-4-8-19(11-15)17(21)10-14-12-22-16(18-14)9-13-5-2-1-3-6-13/h1-3,5-6,12,15,20H,4,7-11H2. The first kappa shape index (κ1) is 15.2. The van der Waals surface area contributed by atoms with E-state index in [1.54, 1.807) is 16.2 Å². The van der Waals surface area contributed by atoms with Gasteiger partial charge in [0.25, 0.3) is 0 Å². The average molecular weight is 316 g/mol. The van der Waals surface area contributed by atoms with Crippen LogP contribution in [0.25, 0.3) is 0 Å². The Morgan fingerprint density at radius 1 is 1.36 bits per heavy atom. The van der Waals surface area contributed by atoms with Crippen molar-refractivity contribution in [3.63, 3.8) is 0 Å². The van der Waals surface area contributed by atoms with Crippen LogP contribution in [0.5, 0.6) is 0 Å². The monoisotopic (exact) mass is 316 g/mol. The number of aliphatic hydroxyl groups is 1. The minimum absolute atomic E-state index is 0.0651. The van der Waals surface area contributed by atoms with Gasteiger partial charge in [0.1, 0.15) is 0 Å². The number of hydrogen-bond acceptors (Lipinski definition) is 4. The number of carbonyl (C=O) groups excluding carboxylic acids is 1. The zero-order valence-electron chi connectivity index (χ0n) is 12.4. The summed E-state index contributed by atoms with van der Waals surface area (Å²) >= 11 is 1.60. The van der Waals surface area contributed by atoms with E-state index in [9.17, 15) is 9.90 Å². The number of thiazole rings is 1. The number of β-amino-alcohol motifs (C(OH)–C–C–N with tert-alkyl or cyclic N) is 1. The van der Waals surface area contributed by atoms with Gasteiger partial charge in [-0.25, -0.2) is 4.98 Å². The van der Waals surface area contributed by atoms with E-state index in [1.807, 2.05) is 23.6 Å². The van der Waals surface area contributed by atoms with E-state index in [2.05, 4.69) is 17.1 Å². The molecule has 0 spiro atoms. The molecule has 0 saturated carbocycles. The van der Waals surface area contributed by atoms with Crippen molar-refractivity contribution in [2.45, 2.75) is 31.8 Å². The van der Waals surface area contributed by atoms with Gasteiger partial charge in [0.05, 0.1) is 23.2 Å². The van der Waals surface area contributed by atoms with Gasteiger partial charge in [0.15, 0.2) is 0 Å². The number of aliphatic hydroxyl groups excluding tert-OH is 1. The molecule has 3 rings (SSSR count). The molecule has 1 unspecified atom stereocenters. The minimum atomic E-state index is -0.373. The molecule has 1 aromatic heterocycles. The Morgan fingerprint density at radius 2 is 2.18 bits per heavy atom. The third-order valence-corrected chi connectivity index (χ3v) is 4.78. The highest BCUT2D eigenvalue weighted by Crippen LogP contribution is 2.17. The van der Waals surface area contributed by atoms with Gasteiger partial charge in [0, 0.05) is 24.9 Å². The zero-order chi connectivity index (χ0) is 15.4. The van der Waals surface area contributed by atoms with Gasteiger partial charge in [-0.2, -0.15) is 0 Å². The number of rotatable bonds is 4. The molecule has 1 aliphatic heterocycles. The van der Waals surface area contributed by atoms with Gasteiger partial charge in [-0.3, -0.25) is 4.79 Å². The van der Waals surface area contributed by atoms with E-state index >= 15 is 0 Å². The molecule has 1 N–H and O–H groups in total. The molecule has 1 amide bonds. The van der Waals surface area contributed by atoms with E-state index in [0.29, 0.717) is 13.0 Å². The van der Waals surface area contributed by atoms with E-state index in [-0.39, 0.29) is 12.0 Å². The van der Waals surface area contributed by atoms with Crippen molar-refractivity contribution in [1.29, 1.82) is 0 Å². The van der Waals surface area contributed by atoms with Crippen LogP contribution in [0.3, 0.4) is 0 Å². The van der Waals surface area contributed by atoms with Crippen LogP contribution in [0, 0.1) is 0 Å². The molecule has 1 atom stereocenters. The van der Waals surface area contributed by atoms with Crippen LogP contribution in [0.2, 0.25) is 0 Å². The molecule has 2 heterocycles. The largest absolute Gasteiger partial charge is 0.391 e. The highest BCUT2D eigenvalue weighted by atomic mass is 32.1. The highest BCUT2D eigenvalue weighted by molar-refractivity contribution is 7.09. The maximum Gasteiger partial charge on any atom is 0.228 e. The summed E-state index contributed by atoms with van der Waals surface area (Å²) in [6.45, 7) is 1.21. The summed E-state index contributed by atoms with van der Waals surface area (Å²) in [7, 11) is 0. The number of carbonyl (C=O) groups is 1. The summed E-state index contributed by atoms with van der Waals surface area (Å²) in [6.07, 6.45) is 2.44. The van der Waals surface area contributed by atoms with Crippen LogP contribution in [-0.4, -0.2) is 40.1 Å². The fourth-order valence-corrected chi connectivity index (χ4v) is 3.56. The van der Waals surface area contributed by atoms with Crippen LogP contribution in [0.15, 0.2) is 35.7 Å². The van der Waals surface area contributed by atoms with Crippen molar-refractivity contribution in [1.82, 2.24) is 9.88 Å². The molecule has 22 heavy (non-hydrogen) atoms. The van der Waals surface area contributed by atoms with E-state index in [0.717, 1.165) is 36.5 Å². The minimum Gasteiger partial charge on any atom is -0.391 e. The molecular weight excluding hydrogens is 296 g/mol. The first-order chi connectivity index (χ1) is 10.7. The normalized spacial score (nSPS) is 18.4. The molecule has 1 aliphatic rings. The summed E-state index contributed by atoms with van der Waals surface area (Å²) in [5.41, 5.74) is 2.06. The molecule has 0 radical (unpaired) electrons. The molecule has 1 saturated heterocycles. The van der Waals surface area contributed by atoms with Crippen molar-refractivity contribution >= 4 is 17.2 Å². The first-order valence-corrected chi connectivity index (χ1v) is 8.52. The molecule has 0 bridgehead atoms. The van der Waals surface area contributed by atoms with Crippen molar-refractivity contribution in [3.05, 3.63) is 52.0 Å². The Balaban J connectivity index is 1.58. The lowest BCUT2D eigenvalue weighted by Gasteiger charge is -2.29. The second kappa shape index (κ2) is 7.03. The summed E-state index contributed by atoms with van der Waals surface area (Å²) in [6, 6.07) is 10.2. The fourth-order valence-electron chi connectivity index (χ4n) is 2.73. The fraction of sp³-hybridized carbons (Fsp3) is 0.412. The number of piperidine rings is 1. The Morgan fingerprint density at radius 3 is 2.95 bits per heavy atom. The third-order valence-electron chi connectivity index (χ3n) is 3.88. The van der Waals surface area contributed by atoms with Crippen LogP contribution in [0.1, 0.15) is 29.1 Å². The SMILES string of the molecule is O=C(Cc1csc(Cc2ccccc2)n1)N1CCCC(O)C1. The van der Waals surface area contributed by atoms with Gasteiger partial charge in [-0.15, -0.1) is 11.3 Å². The van der Waals surface area contributed by atoms with Crippen LogP contribution in [-0.2, 0) is 17.6 Å². The topological polar surface area (TPSA) is 53.4 Å². The van der Waals surface area contributed by atoms with Gasteiger partial charge < -0.3 is 10.0 Å². The second-order valence-corrected chi connectivity index (χ2v) is 6.65. The predicted molar refractivity (Wildman–Crippen MR) is 86.9 cm³/mol. The highest BCUT2D eigenvalue weighted by Gasteiger charge is 2.22. The number of amides is 1. The van der Waals surface area contributed by atoms with Gasteiger partial charge in [-0.05, 0) is 18.4 Å². The molecule has 1 fully saturated rings. The number of likely N-dealkylation sites (tertiary alicyclic amines) is 1. The smallest absolute Gasteiger partial charge is 0.228 e. The maximum atomic E-state index is 12.3. The quantitative estimate of drug-likeness (QED) is 0.941. The molecule has 0 aliphatic carbocycles. The Hall–Kier alpha value is -1.72. The maximum absolute atomic E-state index is 12.3. The van der Waals surface area contributed by atoms with Crippen molar-refractivity contribution in [2.75, 3.05) is 13.1 Å². The van der Waals surface area contributed by atoms with Gasteiger partial charge in [-0.1, -0.05) is 30.3 Å². The van der Waals surface area contributed by atoms with Crippen molar-refractivity contribution in [2.24, 2.45) is 0 Å². The second-order valence-electron chi connectivity index (χ2n) is 5.71. The Bertz CT molecular complexity index is 627. The van der Waals surface area contributed by atoms with Gasteiger partial charge in [0.2, 0.25) is 5.91 Å². The summed E-state index contributed by atoms with van der Waals surface area (Å²) in [5.74, 6) is 0.0651. The molecule has 2 aromatic rings. The number of benzene rings is 1. The van der Waals surface area contributed by atoms with E-state index < -0.39 is 0 Å². The summed E-state index contributed by atoms with van der Waals surface area (Å²) < 4.78 is 0. The Labute approximate surface area is 134 Å². The van der Waals surface area contributed by atoms with Crippen LogP contribution < -0.4 is 0 Å². The van der Waals surface area contributed by atoms with E-state index in [4.69, 9.17) is 0 Å². The number of aromatic nitrogens is 1. The average Bonchev–Trinajstić information content (AvgIpc) is 2.95. The molecule has 4 nitrogen and oxygen atoms in total. The number of nitrogens with zero attached hydrogens (tertiary/aromatic N) is 2. The lowest BCUT2D eigenvalue weighted by molar-refractivity contribution is -0.133. The molecular formula is C17H20N2O2S. The molecule has 5 heteroatoms. The van der Waals surface area contributed by atoms with E-state index in [1.165, 1.54) is 5.56 Å². The zero-order valence-corrected chi connectivity index (χ0v) is 13.3. The summed E-state index contributed by atoms with van der Waals surface area (Å²) in [5, 5.41) is 12.7. The lowest BCUT2D eigenvalue weighted by Crippen LogP contribution is -2.42. The first-order valence-electron chi connectivity index (χ1n) is 7.64. The number of hydrogen-bond donors (Lipinski definition) is 1. The molecule has 116 valence electrons.